The zero-order valence-corrected chi connectivity index (χ0v) is 13.0. The Bertz CT molecular complexity index is 436. The maximum atomic E-state index is 5.46. The summed E-state index contributed by atoms with van der Waals surface area (Å²) < 4.78 is 10.8. The summed E-state index contributed by atoms with van der Waals surface area (Å²) in [6.07, 6.45) is 1.08. The summed E-state index contributed by atoms with van der Waals surface area (Å²) in [7, 11) is 5.93. The van der Waals surface area contributed by atoms with Crippen molar-refractivity contribution in [3.8, 4) is 5.75 Å². The summed E-state index contributed by atoms with van der Waals surface area (Å²) in [5, 5.41) is 3.45. The second-order valence-electron chi connectivity index (χ2n) is 5.28. The maximum Gasteiger partial charge on any atom is 0.119 e. The second-order valence-corrected chi connectivity index (χ2v) is 5.28. The molecule has 0 aliphatic heterocycles. The van der Waals surface area contributed by atoms with Gasteiger partial charge in [-0.05, 0) is 50.7 Å². The molecular weight excluding hydrogens is 252 g/mol. The highest BCUT2D eigenvalue weighted by Gasteiger charge is 2.34. The second kappa shape index (κ2) is 7.07. The van der Waals surface area contributed by atoms with Crippen LogP contribution in [0.2, 0.25) is 0 Å². The lowest BCUT2D eigenvalue weighted by Crippen LogP contribution is -2.41. The Morgan fingerprint density at radius 3 is 2.85 bits per heavy atom. The van der Waals surface area contributed by atoms with Crippen molar-refractivity contribution in [3.63, 3.8) is 0 Å². The molecule has 20 heavy (non-hydrogen) atoms. The molecule has 0 fully saturated rings. The molecule has 0 saturated carbocycles. The van der Waals surface area contributed by atoms with E-state index in [9.17, 15) is 0 Å². The van der Waals surface area contributed by atoms with Crippen LogP contribution >= 0.6 is 0 Å². The molecule has 1 aromatic rings. The average Bonchev–Trinajstić information content (AvgIpc) is 2.84. The normalized spacial score (nSPS) is 21.2. The molecule has 0 heterocycles. The van der Waals surface area contributed by atoms with Crippen molar-refractivity contribution in [1.29, 1.82) is 0 Å². The van der Waals surface area contributed by atoms with Crippen LogP contribution in [0.25, 0.3) is 0 Å². The van der Waals surface area contributed by atoms with E-state index >= 15 is 0 Å². The van der Waals surface area contributed by atoms with Crippen LogP contribution in [0.3, 0.4) is 0 Å². The Balaban J connectivity index is 2.10. The van der Waals surface area contributed by atoms with E-state index in [1.54, 1.807) is 7.11 Å². The van der Waals surface area contributed by atoms with E-state index in [4.69, 9.17) is 9.47 Å². The first-order valence-electron chi connectivity index (χ1n) is 7.33. The van der Waals surface area contributed by atoms with Crippen molar-refractivity contribution in [1.82, 2.24) is 10.2 Å². The van der Waals surface area contributed by atoms with Gasteiger partial charge in [-0.1, -0.05) is 6.07 Å². The molecule has 4 heteroatoms. The van der Waals surface area contributed by atoms with Gasteiger partial charge in [0.05, 0.1) is 13.7 Å². The SMILES string of the molecule is CCOCCN(C)C1Cc2ccc(OC)cc2C1NC. The molecule has 0 saturated heterocycles. The number of rotatable bonds is 7. The number of nitrogens with zero attached hydrogens (tertiary/aromatic N) is 1. The standard InChI is InChI=1S/C16H26N2O2/c1-5-20-9-8-18(3)15-10-12-6-7-13(19-4)11-14(12)16(15)17-2/h6-7,11,15-17H,5,8-10H2,1-4H3. The summed E-state index contributed by atoms with van der Waals surface area (Å²) in [6.45, 7) is 4.57. The third-order valence-corrected chi connectivity index (χ3v) is 4.17. The molecule has 0 bridgehead atoms. The first-order chi connectivity index (χ1) is 9.71. The lowest BCUT2D eigenvalue weighted by Gasteiger charge is -2.29. The molecule has 1 N–H and O–H groups in total. The molecule has 0 amide bonds. The number of hydrogen-bond donors (Lipinski definition) is 1. The Morgan fingerprint density at radius 1 is 1.40 bits per heavy atom. The van der Waals surface area contributed by atoms with Gasteiger partial charge in [0.25, 0.3) is 0 Å². The van der Waals surface area contributed by atoms with Crippen LogP contribution in [0.1, 0.15) is 24.1 Å². The maximum absolute atomic E-state index is 5.46. The molecule has 0 spiro atoms. The lowest BCUT2D eigenvalue weighted by atomic mass is 10.1. The minimum Gasteiger partial charge on any atom is -0.497 e. The minimum atomic E-state index is 0.353. The largest absolute Gasteiger partial charge is 0.497 e. The molecule has 0 aromatic heterocycles. The zero-order valence-electron chi connectivity index (χ0n) is 13.0. The lowest BCUT2D eigenvalue weighted by molar-refractivity contribution is 0.101. The number of hydrogen-bond acceptors (Lipinski definition) is 4. The van der Waals surface area contributed by atoms with Crippen molar-refractivity contribution >= 4 is 0 Å². The molecule has 1 aliphatic rings. The third kappa shape index (κ3) is 3.14. The quantitative estimate of drug-likeness (QED) is 0.772. The van der Waals surface area contributed by atoms with E-state index in [1.807, 2.05) is 20.0 Å². The molecule has 4 nitrogen and oxygen atoms in total. The van der Waals surface area contributed by atoms with Crippen LogP contribution in [-0.4, -0.2) is 51.9 Å². The van der Waals surface area contributed by atoms with E-state index in [-0.39, 0.29) is 0 Å². The summed E-state index contributed by atoms with van der Waals surface area (Å²) in [4.78, 5) is 2.39. The number of benzene rings is 1. The van der Waals surface area contributed by atoms with Crippen molar-refractivity contribution in [2.45, 2.75) is 25.4 Å². The highest BCUT2D eigenvalue weighted by Crippen LogP contribution is 2.36. The summed E-state index contributed by atoms with van der Waals surface area (Å²) in [5.41, 5.74) is 2.78. The Labute approximate surface area is 122 Å². The highest BCUT2D eigenvalue weighted by atomic mass is 16.5. The third-order valence-electron chi connectivity index (χ3n) is 4.17. The van der Waals surface area contributed by atoms with Crippen LogP contribution in [-0.2, 0) is 11.2 Å². The van der Waals surface area contributed by atoms with E-state index < -0.39 is 0 Å². The first-order valence-corrected chi connectivity index (χ1v) is 7.33. The van der Waals surface area contributed by atoms with Crippen LogP contribution in [0.4, 0.5) is 0 Å². The topological polar surface area (TPSA) is 33.7 Å². The van der Waals surface area contributed by atoms with Gasteiger partial charge in [-0.3, -0.25) is 4.90 Å². The molecule has 1 aliphatic carbocycles. The zero-order chi connectivity index (χ0) is 14.5. The number of nitrogens with one attached hydrogen (secondary N) is 1. The van der Waals surface area contributed by atoms with Crippen LogP contribution in [0.15, 0.2) is 18.2 Å². The van der Waals surface area contributed by atoms with Crippen molar-refractivity contribution < 1.29 is 9.47 Å². The fourth-order valence-electron chi connectivity index (χ4n) is 3.00. The predicted octanol–water partition coefficient (Wildman–Crippen LogP) is 1.85. The van der Waals surface area contributed by atoms with E-state index in [0.717, 1.165) is 31.9 Å². The number of fused-ring (bicyclic) bond motifs is 1. The summed E-state index contributed by atoms with van der Waals surface area (Å²) in [5.74, 6) is 0.932. The first kappa shape index (κ1) is 15.3. The number of likely N-dealkylation sites (N-methyl/N-ethyl adjacent to an activating group) is 2. The minimum absolute atomic E-state index is 0.353. The predicted molar refractivity (Wildman–Crippen MR) is 81.4 cm³/mol. The highest BCUT2D eigenvalue weighted by molar-refractivity contribution is 5.42. The molecule has 2 unspecified atom stereocenters. The fraction of sp³-hybridized carbons (Fsp3) is 0.625. The van der Waals surface area contributed by atoms with Gasteiger partial charge in [-0.25, -0.2) is 0 Å². The van der Waals surface area contributed by atoms with Gasteiger partial charge in [0, 0.05) is 25.2 Å². The molecule has 2 atom stereocenters. The van der Waals surface area contributed by atoms with E-state index in [1.165, 1.54) is 11.1 Å². The van der Waals surface area contributed by atoms with Gasteiger partial charge in [0.2, 0.25) is 0 Å². The number of methoxy groups -OCH3 is 1. The van der Waals surface area contributed by atoms with Gasteiger partial charge in [0.15, 0.2) is 0 Å². The van der Waals surface area contributed by atoms with Crippen molar-refractivity contribution in [2.24, 2.45) is 0 Å². The van der Waals surface area contributed by atoms with Gasteiger partial charge in [0.1, 0.15) is 5.75 Å². The Hall–Kier alpha value is -1.10. The van der Waals surface area contributed by atoms with Crippen molar-refractivity contribution in [3.05, 3.63) is 29.3 Å². The fourth-order valence-corrected chi connectivity index (χ4v) is 3.00. The molecule has 1 aromatic carbocycles. The Morgan fingerprint density at radius 2 is 2.20 bits per heavy atom. The van der Waals surface area contributed by atoms with Gasteiger partial charge in [-0.2, -0.15) is 0 Å². The molecule has 0 radical (unpaired) electrons. The van der Waals surface area contributed by atoms with Crippen molar-refractivity contribution in [2.75, 3.05) is 41.0 Å². The number of ether oxygens (including phenoxy) is 2. The van der Waals surface area contributed by atoms with Gasteiger partial charge in [-0.15, -0.1) is 0 Å². The monoisotopic (exact) mass is 278 g/mol. The summed E-state index contributed by atoms with van der Waals surface area (Å²) >= 11 is 0. The molecular formula is C16H26N2O2. The van der Waals surface area contributed by atoms with Gasteiger partial charge >= 0.3 is 0 Å². The van der Waals surface area contributed by atoms with Crippen LogP contribution < -0.4 is 10.1 Å². The molecule has 112 valence electrons. The average molecular weight is 278 g/mol. The van der Waals surface area contributed by atoms with Gasteiger partial charge < -0.3 is 14.8 Å². The smallest absolute Gasteiger partial charge is 0.119 e. The summed E-state index contributed by atoms with van der Waals surface area (Å²) in [6, 6.07) is 7.23. The Kier molecular flexibility index (Phi) is 5.40. The van der Waals surface area contributed by atoms with E-state index in [2.05, 4.69) is 29.4 Å². The molecule has 2 rings (SSSR count). The van der Waals surface area contributed by atoms with E-state index in [0.29, 0.717) is 12.1 Å². The van der Waals surface area contributed by atoms with Crippen LogP contribution in [0, 0.1) is 0 Å². The van der Waals surface area contributed by atoms with Crippen LogP contribution in [0.5, 0.6) is 5.75 Å².